The van der Waals surface area contributed by atoms with Crippen LogP contribution in [0.4, 0.5) is 0 Å². The average molecular weight is 344 g/mol. The number of ketones is 1. The van der Waals surface area contributed by atoms with E-state index in [1.807, 2.05) is 17.5 Å². The Morgan fingerprint density at radius 1 is 1.42 bits per heavy atom. The van der Waals surface area contributed by atoms with Gasteiger partial charge >= 0.3 is 5.97 Å². The van der Waals surface area contributed by atoms with Gasteiger partial charge in [0.2, 0.25) is 0 Å². The van der Waals surface area contributed by atoms with Crippen molar-refractivity contribution in [3.05, 3.63) is 57.3 Å². The van der Waals surface area contributed by atoms with Crippen molar-refractivity contribution in [2.45, 2.75) is 25.9 Å². The van der Waals surface area contributed by atoms with E-state index in [0.29, 0.717) is 16.9 Å². The van der Waals surface area contributed by atoms with Gasteiger partial charge in [0.25, 0.3) is 0 Å². The molecule has 1 aromatic heterocycles. The molecule has 1 aliphatic rings. The van der Waals surface area contributed by atoms with Gasteiger partial charge in [0.15, 0.2) is 5.78 Å². The molecule has 2 aromatic rings. The number of allylic oxidation sites excluding steroid dienone is 1. The van der Waals surface area contributed by atoms with E-state index < -0.39 is 5.97 Å². The van der Waals surface area contributed by atoms with Crippen molar-refractivity contribution < 1.29 is 24.5 Å². The minimum absolute atomic E-state index is 0.0113. The van der Waals surface area contributed by atoms with Gasteiger partial charge in [-0.15, -0.1) is 11.3 Å². The van der Waals surface area contributed by atoms with Crippen LogP contribution in [0.25, 0.3) is 0 Å². The Hall–Kier alpha value is -2.60. The van der Waals surface area contributed by atoms with E-state index in [1.165, 1.54) is 30.4 Å². The smallest absolute Gasteiger partial charge is 0.330 e. The monoisotopic (exact) mass is 344 g/mol. The third kappa shape index (κ3) is 3.05. The number of carbonyl (C=O) groups is 2. The molecule has 0 saturated heterocycles. The molecule has 24 heavy (non-hydrogen) atoms. The number of carboxylic acids is 1. The topological polar surface area (TPSA) is 83.8 Å². The van der Waals surface area contributed by atoms with Crippen LogP contribution in [0.1, 0.15) is 40.2 Å². The molecule has 0 saturated carbocycles. The first-order valence-corrected chi connectivity index (χ1v) is 8.33. The lowest BCUT2D eigenvalue weighted by Crippen LogP contribution is -2.20. The summed E-state index contributed by atoms with van der Waals surface area (Å²) < 4.78 is 6.00. The quantitative estimate of drug-likeness (QED) is 0.826. The predicted molar refractivity (Wildman–Crippen MR) is 89.8 cm³/mol. The number of fused-ring (bicyclic) bond motifs is 1. The molecule has 0 spiro atoms. The Bertz CT molecular complexity index is 820. The first-order valence-electron chi connectivity index (χ1n) is 7.45. The molecule has 1 aromatic carbocycles. The highest BCUT2D eigenvalue weighted by Crippen LogP contribution is 2.41. The SMILES string of the molecule is C/C(=C\Cc1c(O)ccc2c1OC(c1cccs1)CC2=O)C(=O)O. The zero-order valence-electron chi connectivity index (χ0n) is 13.0. The van der Waals surface area contributed by atoms with Gasteiger partial charge in [-0.25, -0.2) is 4.79 Å². The second-order valence-corrected chi connectivity index (χ2v) is 6.56. The van der Waals surface area contributed by atoms with E-state index in [0.717, 1.165) is 4.88 Å². The lowest BCUT2D eigenvalue weighted by molar-refractivity contribution is -0.132. The van der Waals surface area contributed by atoms with Gasteiger partial charge in [0.1, 0.15) is 17.6 Å². The van der Waals surface area contributed by atoms with Crippen molar-refractivity contribution in [3.63, 3.8) is 0 Å². The molecule has 6 heteroatoms. The van der Waals surface area contributed by atoms with E-state index in [9.17, 15) is 14.7 Å². The van der Waals surface area contributed by atoms with Gasteiger partial charge in [-0.05, 0) is 36.9 Å². The molecular formula is C18H16O5S. The number of ether oxygens (including phenoxy) is 1. The maximum absolute atomic E-state index is 12.4. The third-order valence-corrected chi connectivity index (χ3v) is 4.94. The number of carbonyl (C=O) groups excluding carboxylic acids is 1. The molecule has 1 atom stereocenters. The van der Waals surface area contributed by atoms with Crippen LogP contribution in [-0.4, -0.2) is 22.0 Å². The van der Waals surface area contributed by atoms with E-state index in [-0.39, 0.29) is 36.1 Å². The standard InChI is InChI=1S/C18H16O5S/c1-10(18(21)22)4-5-11-13(19)7-6-12-14(20)9-15(23-17(11)12)16-3-2-8-24-16/h2-4,6-8,15,19H,5,9H2,1H3,(H,21,22)/b10-4+. The van der Waals surface area contributed by atoms with Crippen LogP contribution in [0.2, 0.25) is 0 Å². The van der Waals surface area contributed by atoms with Crippen LogP contribution in [0, 0.1) is 0 Å². The lowest BCUT2D eigenvalue weighted by atomic mass is 9.95. The zero-order valence-corrected chi connectivity index (χ0v) is 13.8. The van der Waals surface area contributed by atoms with Gasteiger partial charge in [-0.2, -0.15) is 0 Å². The maximum Gasteiger partial charge on any atom is 0.330 e. The van der Waals surface area contributed by atoms with Gasteiger partial charge in [-0.3, -0.25) is 4.79 Å². The van der Waals surface area contributed by atoms with Crippen molar-refractivity contribution >= 4 is 23.1 Å². The Morgan fingerprint density at radius 2 is 2.21 bits per heavy atom. The molecule has 2 N–H and O–H groups in total. The number of carboxylic acid groups (broad SMARTS) is 1. The largest absolute Gasteiger partial charge is 0.508 e. The van der Waals surface area contributed by atoms with Crippen molar-refractivity contribution in [3.8, 4) is 11.5 Å². The van der Waals surface area contributed by atoms with Gasteiger partial charge in [0.05, 0.1) is 12.0 Å². The average Bonchev–Trinajstić information content (AvgIpc) is 3.07. The molecule has 3 rings (SSSR count). The Kier molecular flexibility index (Phi) is 4.40. The molecule has 0 radical (unpaired) electrons. The Labute approximate surface area is 142 Å². The second-order valence-electron chi connectivity index (χ2n) is 5.59. The van der Waals surface area contributed by atoms with Crippen LogP contribution in [0.5, 0.6) is 11.5 Å². The molecule has 5 nitrogen and oxygen atoms in total. The van der Waals surface area contributed by atoms with Gasteiger partial charge < -0.3 is 14.9 Å². The van der Waals surface area contributed by atoms with E-state index >= 15 is 0 Å². The fraction of sp³-hybridized carbons (Fsp3) is 0.222. The summed E-state index contributed by atoms with van der Waals surface area (Å²) in [5, 5.41) is 21.0. The summed E-state index contributed by atoms with van der Waals surface area (Å²) >= 11 is 1.51. The van der Waals surface area contributed by atoms with Crippen molar-refractivity contribution in [1.29, 1.82) is 0 Å². The van der Waals surface area contributed by atoms with Crippen LogP contribution in [0.3, 0.4) is 0 Å². The second kappa shape index (κ2) is 6.49. The summed E-state index contributed by atoms with van der Waals surface area (Å²) in [6.07, 6.45) is 1.55. The molecule has 0 bridgehead atoms. The number of benzene rings is 1. The highest BCUT2D eigenvalue weighted by molar-refractivity contribution is 7.10. The zero-order chi connectivity index (χ0) is 17.3. The molecule has 2 heterocycles. The first-order chi connectivity index (χ1) is 11.5. The van der Waals surface area contributed by atoms with E-state index in [2.05, 4.69) is 0 Å². The number of phenols is 1. The summed E-state index contributed by atoms with van der Waals surface area (Å²) in [4.78, 5) is 24.3. The Balaban J connectivity index is 2.00. The maximum atomic E-state index is 12.4. The van der Waals surface area contributed by atoms with E-state index in [4.69, 9.17) is 9.84 Å². The molecule has 1 aliphatic heterocycles. The number of aliphatic carboxylic acids is 1. The molecule has 0 fully saturated rings. The number of hydrogen-bond donors (Lipinski definition) is 2. The summed E-state index contributed by atoms with van der Waals surface area (Å²) in [6.45, 7) is 1.48. The van der Waals surface area contributed by atoms with Crippen LogP contribution < -0.4 is 4.74 Å². The molecular weight excluding hydrogens is 328 g/mol. The minimum atomic E-state index is -1.02. The van der Waals surface area contributed by atoms with Crippen LogP contribution in [0.15, 0.2) is 41.3 Å². The fourth-order valence-corrected chi connectivity index (χ4v) is 3.36. The number of hydrogen-bond acceptors (Lipinski definition) is 5. The minimum Gasteiger partial charge on any atom is -0.508 e. The molecule has 0 amide bonds. The summed E-state index contributed by atoms with van der Waals surface area (Å²) in [7, 11) is 0. The Morgan fingerprint density at radius 3 is 2.88 bits per heavy atom. The fourth-order valence-electron chi connectivity index (χ4n) is 2.61. The highest BCUT2D eigenvalue weighted by Gasteiger charge is 2.31. The molecule has 124 valence electrons. The van der Waals surface area contributed by atoms with Gasteiger partial charge in [0, 0.05) is 16.0 Å². The normalized spacial score (nSPS) is 17.3. The predicted octanol–water partition coefficient (Wildman–Crippen LogP) is 3.73. The summed E-state index contributed by atoms with van der Waals surface area (Å²) in [5.74, 6) is -0.732. The number of Topliss-reactive ketones (excluding diaryl/α,β-unsaturated/α-hetero) is 1. The molecule has 0 aliphatic carbocycles. The number of aromatic hydroxyl groups is 1. The summed E-state index contributed by atoms with van der Waals surface area (Å²) in [5.41, 5.74) is 1.03. The number of thiophene rings is 1. The van der Waals surface area contributed by atoms with Crippen molar-refractivity contribution in [2.75, 3.05) is 0 Å². The van der Waals surface area contributed by atoms with Crippen molar-refractivity contribution in [1.82, 2.24) is 0 Å². The molecule has 1 unspecified atom stereocenters. The number of rotatable bonds is 4. The van der Waals surface area contributed by atoms with Crippen LogP contribution in [-0.2, 0) is 11.2 Å². The van der Waals surface area contributed by atoms with Crippen LogP contribution >= 0.6 is 11.3 Å². The number of phenolic OH excluding ortho intramolecular Hbond substituents is 1. The van der Waals surface area contributed by atoms with Crippen molar-refractivity contribution in [2.24, 2.45) is 0 Å². The third-order valence-electron chi connectivity index (χ3n) is 3.98. The lowest BCUT2D eigenvalue weighted by Gasteiger charge is -2.26. The van der Waals surface area contributed by atoms with E-state index in [1.54, 1.807) is 6.07 Å². The highest BCUT2D eigenvalue weighted by atomic mass is 32.1. The first kappa shape index (κ1) is 16.3. The summed E-state index contributed by atoms with van der Waals surface area (Å²) in [6, 6.07) is 6.80. The van der Waals surface area contributed by atoms with Gasteiger partial charge in [-0.1, -0.05) is 12.1 Å².